The van der Waals surface area contributed by atoms with Gasteiger partial charge in [-0.1, -0.05) is 18.2 Å². The zero-order chi connectivity index (χ0) is 19.0. The van der Waals surface area contributed by atoms with Crippen molar-refractivity contribution < 1.29 is 13.9 Å². The summed E-state index contributed by atoms with van der Waals surface area (Å²) in [5.74, 6) is -0.0337. The maximum atomic E-state index is 12.8. The van der Waals surface area contributed by atoms with E-state index in [1.165, 1.54) is 30.3 Å². The molecule has 3 aromatic heterocycles. The fraction of sp³-hybridized carbons (Fsp3) is 0.158. The predicted octanol–water partition coefficient (Wildman–Crippen LogP) is 2.32. The molecule has 8 nitrogen and oxygen atoms in total. The molecule has 0 radical (unpaired) electrons. The Labute approximate surface area is 153 Å². The molecule has 0 N–H and O–H groups in total. The molecule has 4 aromatic rings. The van der Waals surface area contributed by atoms with Crippen molar-refractivity contribution in [2.75, 3.05) is 7.11 Å². The molecule has 0 amide bonds. The minimum absolute atomic E-state index is 0.0851. The number of rotatable bonds is 4. The molecule has 0 aliphatic carbocycles. The Kier molecular flexibility index (Phi) is 4.08. The van der Waals surface area contributed by atoms with Crippen LogP contribution >= 0.6 is 0 Å². The van der Waals surface area contributed by atoms with Gasteiger partial charge in [-0.2, -0.15) is 5.10 Å². The Morgan fingerprint density at radius 1 is 1.22 bits per heavy atom. The summed E-state index contributed by atoms with van der Waals surface area (Å²) in [4.78, 5) is 28.7. The standard InChI is InChI=1S/C19H16N4O4/c1-12-5-3-4-6-15(12)23-17-14(9-21-23)18(24)22(11-20-17)10-13-7-8-16(27-13)19(25)26-2/h3-9,11H,10H2,1-2H3. The van der Waals surface area contributed by atoms with Crippen molar-refractivity contribution in [1.29, 1.82) is 0 Å². The Hall–Kier alpha value is -3.68. The van der Waals surface area contributed by atoms with Gasteiger partial charge in [-0.05, 0) is 30.7 Å². The van der Waals surface area contributed by atoms with E-state index >= 15 is 0 Å². The summed E-state index contributed by atoms with van der Waals surface area (Å²) in [5, 5.41) is 4.73. The van der Waals surface area contributed by atoms with E-state index in [2.05, 4.69) is 14.8 Å². The third-order valence-electron chi connectivity index (χ3n) is 4.27. The highest BCUT2D eigenvalue weighted by atomic mass is 16.5. The Morgan fingerprint density at radius 3 is 2.81 bits per heavy atom. The minimum Gasteiger partial charge on any atom is -0.463 e. The zero-order valence-electron chi connectivity index (χ0n) is 14.7. The van der Waals surface area contributed by atoms with Crippen LogP contribution in [0.4, 0.5) is 0 Å². The molecule has 0 spiro atoms. The second-order valence-corrected chi connectivity index (χ2v) is 6.02. The van der Waals surface area contributed by atoms with Crippen molar-refractivity contribution in [3.05, 3.63) is 76.4 Å². The number of nitrogens with zero attached hydrogens (tertiary/aromatic N) is 4. The topological polar surface area (TPSA) is 92.2 Å². The van der Waals surface area contributed by atoms with Crippen LogP contribution in [0, 0.1) is 6.92 Å². The van der Waals surface area contributed by atoms with Crippen molar-refractivity contribution in [3.8, 4) is 5.69 Å². The average Bonchev–Trinajstić information content (AvgIpc) is 3.31. The normalized spacial score (nSPS) is 11.0. The maximum absolute atomic E-state index is 12.8. The summed E-state index contributed by atoms with van der Waals surface area (Å²) in [6, 6.07) is 10.9. The second-order valence-electron chi connectivity index (χ2n) is 6.02. The van der Waals surface area contributed by atoms with Crippen LogP contribution in [0.25, 0.3) is 16.7 Å². The number of benzene rings is 1. The highest BCUT2D eigenvalue weighted by molar-refractivity contribution is 5.86. The zero-order valence-corrected chi connectivity index (χ0v) is 14.7. The highest BCUT2D eigenvalue weighted by Gasteiger charge is 2.15. The highest BCUT2D eigenvalue weighted by Crippen LogP contribution is 2.17. The van der Waals surface area contributed by atoms with E-state index < -0.39 is 5.97 Å². The molecule has 0 saturated carbocycles. The van der Waals surface area contributed by atoms with Gasteiger partial charge in [0.05, 0.1) is 25.5 Å². The van der Waals surface area contributed by atoms with Gasteiger partial charge in [-0.25, -0.2) is 14.5 Å². The number of esters is 1. The number of furan rings is 1. The summed E-state index contributed by atoms with van der Waals surface area (Å²) in [6.45, 7) is 2.12. The van der Waals surface area contributed by atoms with Crippen molar-refractivity contribution in [3.63, 3.8) is 0 Å². The van der Waals surface area contributed by atoms with Gasteiger partial charge in [0.15, 0.2) is 5.65 Å². The molecule has 1 aromatic carbocycles. The molecule has 0 saturated heterocycles. The summed E-state index contributed by atoms with van der Waals surface area (Å²) >= 11 is 0. The van der Waals surface area contributed by atoms with Crippen LogP contribution in [0.3, 0.4) is 0 Å². The number of carbonyl (C=O) groups is 1. The lowest BCUT2D eigenvalue weighted by molar-refractivity contribution is 0.0563. The van der Waals surface area contributed by atoms with Gasteiger partial charge in [0.2, 0.25) is 5.76 Å². The molecule has 0 aliphatic heterocycles. The SMILES string of the molecule is COC(=O)c1ccc(Cn2cnc3c(cnn3-c3ccccc3C)c2=O)o1. The van der Waals surface area contributed by atoms with Crippen LogP contribution in [-0.4, -0.2) is 32.4 Å². The molecule has 3 heterocycles. The first kappa shape index (κ1) is 16.8. The fourth-order valence-electron chi connectivity index (χ4n) is 2.88. The number of ether oxygens (including phenoxy) is 1. The smallest absolute Gasteiger partial charge is 0.373 e. The quantitative estimate of drug-likeness (QED) is 0.516. The lowest BCUT2D eigenvalue weighted by atomic mass is 10.2. The number of methoxy groups -OCH3 is 1. The van der Waals surface area contributed by atoms with Crippen LogP contribution in [0.1, 0.15) is 21.9 Å². The first-order valence-corrected chi connectivity index (χ1v) is 8.24. The lowest BCUT2D eigenvalue weighted by Crippen LogP contribution is -2.21. The van der Waals surface area contributed by atoms with E-state index in [0.29, 0.717) is 16.8 Å². The van der Waals surface area contributed by atoms with Crippen molar-refractivity contribution in [2.45, 2.75) is 13.5 Å². The minimum atomic E-state index is -0.568. The molecule has 0 fully saturated rings. The third-order valence-corrected chi connectivity index (χ3v) is 4.27. The van der Waals surface area contributed by atoms with Crippen molar-refractivity contribution >= 4 is 17.0 Å². The molecule has 136 valence electrons. The fourth-order valence-corrected chi connectivity index (χ4v) is 2.88. The number of carbonyl (C=O) groups excluding carboxylic acids is 1. The van der Waals surface area contributed by atoms with Crippen LogP contribution in [-0.2, 0) is 11.3 Å². The van der Waals surface area contributed by atoms with Gasteiger partial charge < -0.3 is 9.15 Å². The number of aryl methyl sites for hydroxylation is 1. The van der Waals surface area contributed by atoms with Gasteiger partial charge in [0.25, 0.3) is 5.56 Å². The van der Waals surface area contributed by atoms with E-state index in [9.17, 15) is 9.59 Å². The first-order chi connectivity index (χ1) is 13.1. The van der Waals surface area contributed by atoms with Gasteiger partial charge in [0, 0.05) is 0 Å². The summed E-state index contributed by atoms with van der Waals surface area (Å²) < 4.78 is 13.1. The molecular formula is C19H16N4O4. The van der Waals surface area contributed by atoms with Gasteiger partial charge in [-0.3, -0.25) is 9.36 Å². The monoisotopic (exact) mass is 364 g/mol. The molecule has 0 aliphatic rings. The van der Waals surface area contributed by atoms with Crippen molar-refractivity contribution in [1.82, 2.24) is 19.3 Å². The van der Waals surface area contributed by atoms with E-state index in [0.717, 1.165) is 11.3 Å². The molecule has 0 unspecified atom stereocenters. The Morgan fingerprint density at radius 2 is 2.04 bits per heavy atom. The molecular weight excluding hydrogens is 348 g/mol. The second kappa shape index (κ2) is 6.56. The van der Waals surface area contributed by atoms with Crippen LogP contribution < -0.4 is 5.56 Å². The number of aromatic nitrogens is 4. The molecule has 0 atom stereocenters. The van der Waals surface area contributed by atoms with E-state index in [-0.39, 0.29) is 17.9 Å². The lowest BCUT2D eigenvalue weighted by Gasteiger charge is -2.07. The summed E-state index contributed by atoms with van der Waals surface area (Å²) in [6.07, 6.45) is 2.96. The van der Waals surface area contributed by atoms with Crippen LogP contribution in [0.2, 0.25) is 0 Å². The average molecular weight is 364 g/mol. The molecule has 27 heavy (non-hydrogen) atoms. The number of para-hydroxylation sites is 1. The predicted molar refractivity (Wildman–Crippen MR) is 97.0 cm³/mol. The van der Waals surface area contributed by atoms with E-state index in [1.54, 1.807) is 10.7 Å². The Bertz CT molecular complexity index is 1200. The summed E-state index contributed by atoms with van der Waals surface area (Å²) in [7, 11) is 1.28. The largest absolute Gasteiger partial charge is 0.463 e. The first-order valence-electron chi connectivity index (χ1n) is 8.24. The van der Waals surface area contributed by atoms with Gasteiger partial charge in [0.1, 0.15) is 17.5 Å². The Balaban J connectivity index is 1.72. The maximum Gasteiger partial charge on any atom is 0.373 e. The number of fused-ring (bicyclic) bond motifs is 1. The third kappa shape index (κ3) is 2.91. The summed E-state index contributed by atoms with van der Waals surface area (Å²) in [5.41, 5.74) is 2.14. The molecule has 4 rings (SSSR count). The number of hydrogen-bond acceptors (Lipinski definition) is 6. The van der Waals surface area contributed by atoms with Crippen molar-refractivity contribution in [2.24, 2.45) is 0 Å². The van der Waals surface area contributed by atoms with Gasteiger partial charge in [-0.15, -0.1) is 0 Å². The molecule has 8 heteroatoms. The number of hydrogen-bond donors (Lipinski definition) is 0. The molecule has 0 bridgehead atoms. The van der Waals surface area contributed by atoms with Crippen LogP contribution in [0.5, 0.6) is 0 Å². The van der Waals surface area contributed by atoms with Gasteiger partial charge >= 0.3 is 5.97 Å². The van der Waals surface area contributed by atoms with Crippen LogP contribution in [0.15, 0.2) is 58.1 Å². The van der Waals surface area contributed by atoms with E-state index in [1.807, 2.05) is 31.2 Å². The van der Waals surface area contributed by atoms with E-state index in [4.69, 9.17) is 4.42 Å².